The van der Waals surface area contributed by atoms with Crippen molar-refractivity contribution in [2.45, 2.75) is 6.29 Å². The van der Waals surface area contributed by atoms with Crippen molar-refractivity contribution in [3.8, 4) is 0 Å². The van der Waals surface area contributed by atoms with E-state index in [-0.39, 0.29) is 17.9 Å². The molecule has 0 unspecified atom stereocenters. The summed E-state index contributed by atoms with van der Waals surface area (Å²) in [4.78, 5) is 9.75. The van der Waals surface area contributed by atoms with Gasteiger partial charge in [0, 0.05) is 20.3 Å². The SMILES string of the molecule is COC(CNc1ccc([N+](=O)[O-])cc1F)OC. The molecule has 1 aromatic carbocycles. The molecule has 0 bridgehead atoms. The van der Waals surface area contributed by atoms with Gasteiger partial charge in [-0.15, -0.1) is 0 Å². The highest BCUT2D eigenvalue weighted by Gasteiger charge is 2.11. The van der Waals surface area contributed by atoms with E-state index in [4.69, 9.17) is 9.47 Å². The lowest BCUT2D eigenvalue weighted by molar-refractivity contribution is -0.385. The van der Waals surface area contributed by atoms with Crippen LogP contribution in [0, 0.1) is 15.9 Å². The molecule has 1 rings (SSSR count). The summed E-state index contributed by atoms with van der Waals surface area (Å²) in [6.45, 7) is 0.238. The van der Waals surface area contributed by atoms with Gasteiger partial charge in [-0.1, -0.05) is 0 Å². The van der Waals surface area contributed by atoms with Gasteiger partial charge >= 0.3 is 0 Å². The highest BCUT2D eigenvalue weighted by Crippen LogP contribution is 2.20. The van der Waals surface area contributed by atoms with Crippen LogP contribution in [0.1, 0.15) is 0 Å². The minimum absolute atomic E-state index is 0.162. The maximum atomic E-state index is 13.4. The molecule has 6 nitrogen and oxygen atoms in total. The molecule has 0 spiro atoms. The molecule has 1 aromatic rings. The number of halogens is 1. The molecule has 0 radical (unpaired) electrons. The molecule has 0 amide bonds. The number of nitro groups is 1. The zero-order valence-electron chi connectivity index (χ0n) is 9.47. The predicted octanol–water partition coefficient (Wildman–Crippen LogP) is 1.76. The molecule has 0 aliphatic heterocycles. The summed E-state index contributed by atoms with van der Waals surface area (Å²) in [6.07, 6.45) is -0.510. The van der Waals surface area contributed by atoms with Gasteiger partial charge in [0.15, 0.2) is 12.1 Å². The van der Waals surface area contributed by atoms with E-state index in [1.165, 1.54) is 26.4 Å². The van der Waals surface area contributed by atoms with Crippen LogP contribution in [0.15, 0.2) is 18.2 Å². The molecule has 0 saturated carbocycles. The largest absolute Gasteiger partial charge is 0.378 e. The monoisotopic (exact) mass is 244 g/mol. The molecule has 0 aliphatic rings. The van der Waals surface area contributed by atoms with Crippen molar-refractivity contribution in [2.75, 3.05) is 26.1 Å². The Kier molecular flexibility index (Phi) is 4.80. The molecule has 0 fully saturated rings. The van der Waals surface area contributed by atoms with E-state index in [0.717, 1.165) is 6.07 Å². The van der Waals surface area contributed by atoms with Crippen LogP contribution >= 0.6 is 0 Å². The van der Waals surface area contributed by atoms with Crippen LogP contribution in [0.5, 0.6) is 0 Å². The van der Waals surface area contributed by atoms with Crippen LogP contribution < -0.4 is 5.32 Å². The second-order valence-corrected chi connectivity index (χ2v) is 3.20. The minimum Gasteiger partial charge on any atom is -0.378 e. The Morgan fingerprint density at radius 2 is 2.12 bits per heavy atom. The number of anilines is 1. The van der Waals surface area contributed by atoms with E-state index >= 15 is 0 Å². The third kappa shape index (κ3) is 3.65. The number of nitro benzene ring substituents is 1. The van der Waals surface area contributed by atoms with Gasteiger partial charge in [-0.3, -0.25) is 10.1 Å². The Bertz CT molecular complexity index is 396. The number of hydrogen-bond donors (Lipinski definition) is 1. The summed E-state index contributed by atoms with van der Waals surface area (Å²) in [7, 11) is 2.92. The van der Waals surface area contributed by atoms with Crippen molar-refractivity contribution < 1.29 is 18.8 Å². The number of methoxy groups -OCH3 is 2. The van der Waals surface area contributed by atoms with Gasteiger partial charge in [0.2, 0.25) is 0 Å². The van der Waals surface area contributed by atoms with E-state index in [1.807, 2.05) is 0 Å². The zero-order valence-corrected chi connectivity index (χ0v) is 9.47. The Hall–Kier alpha value is -1.73. The number of nitrogens with zero attached hydrogens (tertiary/aromatic N) is 1. The molecule has 0 heterocycles. The fraction of sp³-hybridized carbons (Fsp3) is 0.400. The van der Waals surface area contributed by atoms with Gasteiger partial charge in [0.25, 0.3) is 5.69 Å². The predicted molar refractivity (Wildman–Crippen MR) is 59.4 cm³/mol. The number of rotatable bonds is 6. The summed E-state index contributed by atoms with van der Waals surface area (Å²) < 4.78 is 23.2. The van der Waals surface area contributed by atoms with E-state index in [1.54, 1.807) is 0 Å². The third-order valence-corrected chi connectivity index (χ3v) is 2.15. The molecule has 17 heavy (non-hydrogen) atoms. The molecule has 0 saturated heterocycles. The van der Waals surface area contributed by atoms with E-state index in [9.17, 15) is 14.5 Å². The van der Waals surface area contributed by atoms with Gasteiger partial charge in [0.1, 0.15) is 0 Å². The zero-order chi connectivity index (χ0) is 12.8. The first-order valence-corrected chi connectivity index (χ1v) is 4.82. The molecule has 0 atom stereocenters. The highest BCUT2D eigenvalue weighted by atomic mass is 19.1. The Morgan fingerprint density at radius 1 is 1.47 bits per heavy atom. The molecule has 94 valence electrons. The Morgan fingerprint density at radius 3 is 2.59 bits per heavy atom. The minimum atomic E-state index is -0.690. The van der Waals surface area contributed by atoms with Crippen molar-refractivity contribution in [2.24, 2.45) is 0 Å². The summed E-state index contributed by atoms with van der Waals surface area (Å²) >= 11 is 0. The molecule has 0 aliphatic carbocycles. The van der Waals surface area contributed by atoms with Crippen molar-refractivity contribution in [1.82, 2.24) is 0 Å². The fourth-order valence-electron chi connectivity index (χ4n) is 1.22. The first kappa shape index (κ1) is 13.3. The second kappa shape index (κ2) is 6.12. The summed E-state index contributed by atoms with van der Waals surface area (Å²) in [5.41, 5.74) is -0.127. The molecular weight excluding hydrogens is 231 g/mol. The van der Waals surface area contributed by atoms with Crippen molar-refractivity contribution in [3.05, 3.63) is 34.1 Å². The van der Waals surface area contributed by atoms with Gasteiger partial charge in [-0.25, -0.2) is 4.39 Å². The summed E-state index contributed by atoms with van der Waals surface area (Å²) in [5.74, 6) is -0.690. The van der Waals surface area contributed by atoms with Gasteiger partial charge in [0.05, 0.1) is 23.2 Å². The maximum Gasteiger partial charge on any atom is 0.272 e. The van der Waals surface area contributed by atoms with Gasteiger partial charge in [-0.05, 0) is 6.07 Å². The average molecular weight is 244 g/mol. The van der Waals surface area contributed by atoms with E-state index in [0.29, 0.717) is 0 Å². The molecule has 1 N–H and O–H groups in total. The van der Waals surface area contributed by atoms with E-state index in [2.05, 4.69) is 5.32 Å². The number of benzene rings is 1. The van der Waals surface area contributed by atoms with Crippen molar-refractivity contribution in [3.63, 3.8) is 0 Å². The summed E-state index contributed by atoms with van der Waals surface area (Å²) in [5, 5.41) is 13.1. The lowest BCUT2D eigenvalue weighted by atomic mass is 10.2. The maximum absolute atomic E-state index is 13.4. The molecular formula is C10H13FN2O4. The second-order valence-electron chi connectivity index (χ2n) is 3.20. The lowest BCUT2D eigenvalue weighted by Crippen LogP contribution is -2.23. The number of hydrogen-bond acceptors (Lipinski definition) is 5. The van der Waals surface area contributed by atoms with Gasteiger partial charge in [-0.2, -0.15) is 0 Å². The van der Waals surface area contributed by atoms with Crippen molar-refractivity contribution in [1.29, 1.82) is 0 Å². The quantitative estimate of drug-likeness (QED) is 0.469. The molecule has 0 aromatic heterocycles. The van der Waals surface area contributed by atoms with Crippen LogP contribution in [-0.2, 0) is 9.47 Å². The van der Waals surface area contributed by atoms with Gasteiger partial charge < -0.3 is 14.8 Å². The number of ether oxygens (including phenoxy) is 2. The first-order valence-electron chi connectivity index (χ1n) is 4.82. The fourth-order valence-corrected chi connectivity index (χ4v) is 1.22. The van der Waals surface area contributed by atoms with Crippen LogP contribution in [0.4, 0.5) is 15.8 Å². The lowest BCUT2D eigenvalue weighted by Gasteiger charge is -2.15. The highest BCUT2D eigenvalue weighted by molar-refractivity contribution is 5.50. The Labute approximate surface area is 97.5 Å². The van der Waals surface area contributed by atoms with Crippen molar-refractivity contribution >= 4 is 11.4 Å². The molecule has 7 heteroatoms. The first-order chi connectivity index (χ1) is 8.08. The Balaban J connectivity index is 2.69. The normalized spacial score (nSPS) is 10.6. The number of non-ortho nitro benzene ring substituents is 1. The van der Waals surface area contributed by atoms with Crippen LogP contribution in [-0.4, -0.2) is 32.0 Å². The average Bonchev–Trinajstić information content (AvgIpc) is 2.31. The standard InChI is InChI=1S/C10H13FN2O4/c1-16-10(17-2)6-12-9-4-3-7(13(14)15)5-8(9)11/h3-5,10,12H,6H2,1-2H3. The van der Waals surface area contributed by atoms with Crippen LogP contribution in [0.2, 0.25) is 0 Å². The summed E-state index contributed by atoms with van der Waals surface area (Å²) in [6, 6.07) is 3.38. The topological polar surface area (TPSA) is 73.6 Å². The van der Waals surface area contributed by atoms with E-state index < -0.39 is 17.0 Å². The third-order valence-electron chi connectivity index (χ3n) is 2.15. The van der Waals surface area contributed by atoms with Crippen LogP contribution in [0.3, 0.4) is 0 Å². The smallest absolute Gasteiger partial charge is 0.272 e. The number of nitrogens with one attached hydrogen (secondary N) is 1. The van der Waals surface area contributed by atoms with Crippen LogP contribution in [0.25, 0.3) is 0 Å².